The molecule has 1 rings (SSSR count). The molecule has 1 N–H and O–H groups in total. The van der Waals surface area contributed by atoms with E-state index in [0.717, 1.165) is 0 Å². The third-order valence-electron chi connectivity index (χ3n) is 5.88. The summed E-state index contributed by atoms with van der Waals surface area (Å²) >= 11 is 0. The Morgan fingerprint density at radius 1 is 0.958 bits per heavy atom. The summed E-state index contributed by atoms with van der Waals surface area (Å²) in [5.41, 5.74) is 0. The molecular formula is C18H38O4Si2. The molecule has 0 saturated carbocycles. The SMILES string of the molecule is CC(C)(C)[Si](C)(C)OC[C@H]1OC=C[C@H](O)[C@@H]1O[Si](C)(C)C(C)(C)C. The molecule has 0 fully saturated rings. The highest BCUT2D eigenvalue weighted by Crippen LogP contribution is 2.40. The molecule has 142 valence electrons. The predicted octanol–water partition coefficient (Wildman–Crippen LogP) is 4.67. The zero-order valence-electron chi connectivity index (χ0n) is 17.3. The topological polar surface area (TPSA) is 47.9 Å². The Kier molecular flexibility index (Phi) is 6.60. The molecule has 6 heteroatoms. The first-order valence-electron chi connectivity index (χ1n) is 8.90. The van der Waals surface area contributed by atoms with E-state index in [0.29, 0.717) is 6.61 Å². The number of ether oxygens (including phenoxy) is 1. The van der Waals surface area contributed by atoms with E-state index < -0.39 is 22.7 Å². The molecule has 0 aromatic heterocycles. The molecule has 0 bridgehead atoms. The van der Waals surface area contributed by atoms with Crippen LogP contribution in [0.5, 0.6) is 0 Å². The summed E-state index contributed by atoms with van der Waals surface area (Å²) in [7, 11) is -3.87. The average molecular weight is 375 g/mol. The molecule has 0 aromatic rings. The first-order chi connectivity index (χ1) is 10.6. The van der Waals surface area contributed by atoms with Crippen molar-refractivity contribution in [2.24, 2.45) is 0 Å². The molecule has 24 heavy (non-hydrogen) atoms. The van der Waals surface area contributed by atoms with Gasteiger partial charge in [0.25, 0.3) is 0 Å². The molecule has 0 spiro atoms. The van der Waals surface area contributed by atoms with Crippen molar-refractivity contribution in [3.8, 4) is 0 Å². The fourth-order valence-electron chi connectivity index (χ4n) is 1.94. The highest BCUT2D eigenvalue weighted by molar-refractivity contribution is 6.74. The van der Waals surface area contributed by atoms with Gasteiger partial charge in [0.05, 0.1) is 12.9 Å². The van der Waals surface area contributed by atoms with Gasteiger partial charge in [-0.2, -0.15) is 0 Å². The van der Waals surface area contributed by atoms with E-state index in [1.807, 2.05) is 0 Å². The first kappa shape index (κ1) is 21.9. The summed E-state index contributed by atoms with van der Waals surface area (Å²) in [4.78, 5) is 0. The molecule has 4 nitrogen and oxygen atoms in total. The normalized spacial score (nSPS) is 26.4. The van der Waals surface area contributed by atoms with Gasteiger partial charge >= 0.3 is 0 Å². The summed E-state index contributed by atoms with van der Waals surface area (Å²) < 4.78 is 18.6. The van der Waals surface area contributed by atoms with Crippen LogP contribution in [0.15, 0.2) is 12.3 Å². The van der Waals surface area contributed by atoms with E-state index in [9.17, 15) is 5.11 Å². The van der Waals surface area contributed by atoms with Crippen LogP contribution in [0.25, 0.3) is 0 Å². The molecule has 0 aliphatic carbocycles. The summed E-state index contributed by atoms with van der Waals surface area (Å²) in [6, 6.07) is 0. The molecule has 1 aliphatic heterocycles. The monoisotopic (exact) mass is 374 g/mol. The lowest BCUT2D eigenvalue weighted by atomic mass is 10.1. The Balaban J connectivity index is 2.87. The van der Waals surface area contributed by atoms with Gasteiger partial charge in [-0.05, 0) is 42.3 Å². The maximum Gasteiger partial charge on any atom is 0.192 e. The van der Waals surface area contributed by atoms with Gasteiger partial charge < -0.3 is 18.7 Å². The minimum atomic E-state index is -2.01. The molecule has 0 amide bonds. The van der Waals surface area contributed by atoms with Crippen LogP contribution in [-0.4, -0.2) is 46.7 Å². The van der Waals surface area contributed by atoms with Gasteiger partial charge in [-0.15, -0.1) is 0 Å². The van der Waals surface area contributed by atoms with Gasteiger partial charge in [0, 0.05) is 0 Å². The zero-order chi connectivity index (χ0) is 19.0. The third-order valence-corrected chi connectivity index (χ3v) is 14.9. The second-order valence-corrected chi connectivity index (χ2v) is 19.5. The van der Waals surface area contributed by atoms with Crippen LogP contribution in [0.1, 0.15) is 41.5 Å². The van der Waals surface area contributed by atoms with Crippen molar-refractivity contribution in [2.75, 3.05) is 6.61 Å². The van der Waals surface area contributed by atoms with Crippen molar-refractivity contribution in [1.82, 2.24) is 0 Å². The number of hydrogen-bond acceptors (Lipinski definition) is 4. The molecular weight excluding hydrogens is 336 g/mol. The van der Waals surface area contributed by atoms with Crippen molar-refractivity contribution in [3.63, 3.8) is 0 Å². The maximum absolute atomic E-state index is 10.4. The Hall–Kier alpha value is -0.146. The lowest BCUT2D eigenvalue weighted by molar-refractivity contribution is -0.0719. The van der Waals surface area contributed by atoms with Crippen molar-refractivity contribution < 1.29 is 18.7 Å². The van der Waals surface area contributed by atoms with Crippen LogP contribution >= 0.6 is 0 Å². The van der Waals surface area contributed by atoms with E-state index in [-0.39, 0.29) is 22.3 Å². The Bertz CT molecular complexity index is 447. The van der Waals surface area contributed by atoms with Crippen molar-refractivity contribution in [3.05, 3.63) is 12.3 Å². The molecule has 0 aromatic carbocycles. The highest BCUT2D eigenvalue weighted by atomic mass is 28.4. The van der Waals surface area contributed by atoms with Crippen molar-refractivity contribution in [2.45, 2.75) is 96.1 Å². The van der Waals surface area contributed by atoms with Gasteiger partial charge in [0.2, 0.25) is 0 Å². The first-order valence-corrected chi connectivity index (χ1v) is 14.7. The van der Waals surface area contributed by atoms with Crippen molar-refractivity contribution in [1.29, 1.82) is 0 Å². The number of aliphatic hydroxyl groups is 1. The second kappa shape index (κ2) is 7.23. The van der Waals surface area contributed by atoms with Crippen LogP contribution in [0.2, 0.25) is 36.3 Å². The van der Waals surface area contributed by atoms with E-state index in [4.69, 9.17) is 13.6 Å². The highest BCUT2D eigenvalue weighted by Gasteiger charge is 2.45. The second-order valence-electron chi connectivity index (χ2n) is 9.91. The summed E-state index contributed by atoms with van der Waals surface area (Å²) in [5.74, 6) is 0. The standard InChI is InChI=1S/C18H38O4Si2/c1-17(2,3)23(7,8)21-13-15-16(14(19)11-12-20-15)22-24(9,10)18(4,5)6/h11-12,14-16,19H,13H2,1-10H3/t14-,15+,16-/m0/s1. The third kappa shape index (κ3) is 5.18. The Morgan fingerprint density at radius 2 is 1.46 bits per heavy atom. The van der Waals surface area contributed by atoms with Crippen LogP contribution in [-0.2, 0) is 13.6 Å². The molecule has 3 atom stereocenters. The minimum Gasteiger partial charge on any atom is -0.493 e. The van der Waals surface area contributed by atoms with Gasteiger partial charge in [-0.25, -0.2) is 0 Å². The Morgan fingerprint density at radius 3 is 1.92 bits per heavy atom. The van der Waals surface area contributed by atoms with E-state index in [1.54, 1.807) is 12.3 Å². The maximum atomic E-state index is 10.4. The molecule has 0 radical (unpaired) electrons. The number of rotatable bonds is 5. The predicted molar refractivity (Wildman–Crippen MR) is 105 cm³/mol. The summed E-state index contributed by atoms with van der Waals surface area (Å²) in [6.45, 7) is 22.6. The van der Waals surface area contributed by atoms with Gasteiger partial charge in [-0.1, -0.05) is 41.5 Å². The number of aliphatic hydroxyl groups excluding tert-OH is 1. The lowest BCUT2D eigenvalue weighted by Gasteiger charge is -2.44. The van der Waals surface area contributed by atoms with E-state index in [1.165, 1.54) is 0 Å². The minimum absolute atomic E-state index is 0.0821. The smallest absolute Gasteiger partial charge is 0.192 e. The van der Waals surface area contributed by atoms with Gasteiger partial charge in [-0.3, -0.25) is 0 Å². The zero-order valence-corrected chi connectivity index (χ0v) is 19.3. The molecule has 0 unspecified atom stereocenters. The van der Waals surface area contributed by atoms with Crippen LogP contribution < -0.4 is 0 Å². The van der Waals surface area contributed by atoms with E-state index in [2.05, 4.69) is 67.7 Å². The van der Waals surface area contributed by atoms with E-state index >= 15 is 0 Å². The van der Waals surface area contributed by atoms with Crippen LogP contribution in [0, 0.1) is 0 Å². The molecule has 1 heterocycles. The van der Waals surface area contributed by atoms with Crippen LogP contribution in [0.3, 0.4) is 0 Å². The van der Waals surface area contributed by atoms with Crippen molar-refractivity contribution >= 4 is 16.6 Å². The van der Waals surface area contributed by atoms with Gasteiger partial charge in [0.15, 0.2) is 16.6 Å². The largest absolute Gasteiger partial charge is 0.493 e. The average Bonchev–Trinajstić information content (AvgIpc) is 2.36. The Labute approximate surface area is 150 Å². The number of hydrogen-bond donors (Lipinski definition) is 1. The molecule has 1 aliphatic rings. The summed E-state index contributed by atoms with van der Waals surface area (Å²) in [5, 5.41) is 10.7. The fraction of sp³-hybridized carbons (Fsp3) is 0.889. The summed E-state index contributed by atoms with van der Waals surface area (Å²) in [6.07, 6.45) is 1.95. The molecule has 0 saturated heterocycles. The van der Waals surface area contributed by atoms with Crippen LogP contribution in [0.4, 0.5) is 0 Å². The van der Waals surface area contributed by atoms with Gasteiger partial charge in [0.1, 0.15) is 18.3 Å². The lowest BCUT2D eigenvalue weighted by Crippen LogP contribution is -2.54. The fourth-order valence-corrected chi connectivity index (χ4v) is 4.28. The quantitative estimate of drug-likeness (QED) is 0.710.